The summed E-state index contributed by atoms with van der Waals surface area (Å²) in [6.07, 6.45) is 0. The van der Waals surface area contributed by atoms with Gasteiger partial charge in [-0.1, -0.05) is 12.1 Å². The first-order chi connectivity index (χ1) is 9.49. The quantitative estimate of drug-likeness (QED) is 0.417. The van der Waals surface area contributed by atoms with Crippen LogP contribution in [0, 0.1) is 19.5 Å². The van der Waals surface area contributed by atoms with E-state index in [-0.39, 0.29) is 11.5 Å². The summed E-state index contributed by atoms with van der Waals surface area (Å²) >= 11 is 5.27. The molecule has 0 aliphatic heterocycles. The molecule has 2 rings (SSSR count). The minimum Gasteiger partial charge on any atom is -0.380 e. The fourth-order valence-electron chi connectivity index (χ4n) is 1.67. The molecule has 20 heavy (non-hydrogen) atoms. The van der Waals surface area contributed by atoms with Crippen LogP contribution >= 0.6 is 38.5 Å². The number of nitro benzene ring substituents is 1. The van der Waals surface area contributed by atoms with E-state index in [9.17, 15) is 14.5 Å². The van der Waals surface area contributed by atoms with Crippen molar-refractivity contribution in [1.29, 1.82) is 0 Å². The molecule has 104 valence electrons. The van der Waals surface area contributed by atoms with Crippen LogP contribution in [0.4, 0.5) is 15.8 Å². The predicted molar refractivity (Wildman–Crippen MR) is 87.2 cm³/mol. The number of nitrogens with zero attached hydrogens (tertiary/aromatic N) is 1. The van der Waals surface area contributed by atoms with Crippen molar-refractivity contribution >= 4 is 49.9 Å². The lowest BCUT2D eigenvalue weighted by Gasteiger charge is -2.10. The third-order valence-corrected chi connectivity index (χ3v) is 4.46. The zero-order chi connectivity index (χ0) is 14.7. The van der Waals surface area contributed by atoms with E-state index >= 15 is 0 Å². The largest absolute Gasteiger partial charge is 0.380 e. The third-order valence-electron chi connectivity index (χ3n) is 2.66. The Morgan fingerprint density at radius 1 is 1.35 bits per heavy atom. The van der Waals surface area contributed by atoms with E-state index < -0.39 is 4.92 Å². The average Bonchev–Trinajstić information content (AvgIpc) is 2.39. The first-order valence-corrected chi connectivity index (χ1v) is 7.47. The monoisotopic (exact) mass is 450 g/mol. The Balaban J connectivity index is 2.19. The van der Waals surface area contributed by atoms with Gasteiger partial charge in [-0.3, -0.25) is 10.1 Å². The topological polar surface area (TPSA) is 55.2 Å². The van der Waals surface area contributed by atoms with Crippen molar-refractivity contribution in [3.05, 3.63) is 65.9 Å². The van der Waals surface area contributed by atoms with Crippen molar-refractivity contribution in [3.8, 4) is 0 Å². The minimum atomic E-state index is -0.435. The Morgan fingerprint density at radius 3 is 2.75 bits per heavy atom. The number of rotatable bonds is 4. The Hall–Kier alpha value is -1.22. The van der Waals surface area contributed by atoms with Gasteiger partial charge in [-0.15, -0.1) is 0 Å². The average molecular weight is 451 g/mol. The van der Waals surface area contributed by atoms with E-state index in [2.05, 4.69) is 21.2 Å². The molecule has 2 aromatic rings. The molecule has 2 aromatic carbocycles. The van der Waals surface area contributed by atoms with E-state index in [1.54, 1.807) is 18.2 Å². The maximum absolute atomic E-state index is 13.0. The van der Waals surface area contributed by atoms with Gasteiger partial charge in [0.25, 0.3) is 5.69 Å². The lowest BCUT2D eigenvalue weighted by atomic mass is 10.2. The highest BCUT2D eigenvalue weighted by molar-refractivity contribution is 14.1. The van der Waals surface area contributed by atoms with Crippen LogP contribution in [-0.4, -0.2) is 4.92 Å². The van der Waals surface area contributed by atoms with Gasteiger partial charge in [-0.05, 0) is 62.3 Å². The van der Waals surface area contributed by atoms with Gasteiger partial charge in [0.05, 0.1) is 4.92 Å². The second-order valence-electron chi connectivity index (χ2n) is 3.99. The molecule has 0 saturated carbocycles. The molecule has 0 amide bonds. The van der Waals surface area contributed by atoms with Gasteiger partial charge in [-0.2, -0.15) is 0 Å². The molecule has 0 atom stereocenters. The molecule has 0 aromatic heterocycles. The Labute approximate surface area is 136 Å². The van der Waals surface area contributed by atoms with Crippen LogP contribution in [0.3, 0.4) is 0 Å². The molecule has 0 saturated heterocycles. The van der Waals surface area contributed by atoms with Crippen LogP contribution in [0.1, 0.15) is 5.56 Å². The maximum atomic E-state index is 13.0. The summed E-state index contributed by atoms with van der Waals surface area (Å²) in [6, 6.07) is 9.30. The first kappa shape index (κ1) is 15.2. The van der Waals surface area contributed by atoms with E-state index in [1.165, 1.54) is 18.2 Å². The van der Waals surface area contributed by atoms with Gasteiger partial charge in [0, 0.05) is 21.9 Å². The molecule has 1 N–H and O–H groups in total. The number of benzene rings is 2. The number of nitrogens with one attached hydrogen (secondary N) is 1. The van der Waals surface area contributed by atoms with E-state index in [1.807, 2.05) is 22.6 Å². The van der Waals surface area contributed by atoms with Gasteiger partial charge in [-0.25, -0.2) is 4.39 Å². The lowest BCUT2D eigenvalue weighted by molar-refractivity contribution is -0.385. The summed E-state index contributed by atoms with van der Waals surface area (Å²) in [4.78, 5) is 10.4. The molecular weight excluding hydrogens is 442 g/mol. The zero-order valence-electron chi connectivity index (χ0n) is 10.1. The minimum absolute atomic E-state index is 0.0260. The van der Waals surface area contributed by atoms with Crippen LogP contribution in [0.25, 0.3) is 0 Å². The van der Waals surface area contributed by atoms with Crippen LogP contribution in [-0.2, 0) is 6.54 Å². The molecule has 0 heterocycles. The van der Waals surface area contributed by atoms with E-state index in [0.717, 1.165) is 14.8 Å². The summed E-state index contributed by atoms with van der Waals surface area (Å²) < 4.78 is 14.2. The molecule has 0 spiro atoms. The van der Waals surface area contributed by atoms with Gasteiger partial charge in [0.1, 0.15) is 10.3 Å². The Kier molecular flexibility index (Phi) is 4.92. The molecule has 0 bridgehead atoms. The first-order valence-electron chi connectivity index (χ1n) is 5.59. The van der Waals surface area contributed by atoms with Gasteiger partial charge in [0.2, 0.25) is 0 Å². The molecule has 0 aliphatic rings. The van der Waals surface area contributed by atoms with Gasteiger partial charge < -0.3 is 5.32 Å². The second kappa shape index (κ2) is 6.49. The number of anilines is 1. The second-order valence-corrected chi connectivity index (χ2v) is 5.94. The maximum Gasteiger partial charge on any atom is 0.283 e. The van der Waals surface area contributed by atoms with E-state index in [4.69, 9.17) is 0 Å². The van der Waals surface area contributed by atoms with Crippen LogP contribution in [0.2, 0.25) is 0 Å². The van der Waals surface area contributed by atoms with Crippen LogP contribution in [0.15, 0.2) is 40.9 Å². The smallest absolute Gasteiger partial charge is 0.283 e. The van der Waals surface area contributed by atoms with Crippen LogP contribution < -0.4 is 5.32 Å². The Bertz CT molecular complexity index is 667. The SMILES string of the molecule is O=[N+]([O-])c1cccc(CNc2ccc(F)cc2I)c1Br. The van der Waals surface area contributed by atoms with Crippen molar-refractivity contribution in [1.82, 2.24) is 0 Å². The van der Waals surface area contributed by atoms with Crippen molar-refractivity contribution in [2.45, 2.75) is 6.54 Å². The van der Waals surface area contributed by atoms with Gasteiger partial charge in [0.15, 0.2) is 0 Å². The molecule has 4 nitrogen and oxygen atoms in total. The molecule has 0 unspecified atom stereocenters. The summed E-state index contributed by atoms with van der Waals surface area (Å²) in [7, 11) is 0. The highest BCUT2D eigenvalue weighted by Gasteiger charge is 2.14. The van der Waals surface area contributed by atoms with Crippen LogP contribution in [0.5, 0.6) is 0 Å². The van der Waals surface area contributed by atoms with E-state index in [0.29, 0.717) is 11.0 Å². The normalized spacial score (nSPS) is 10.3. The number of halogens is 3. The summed E-state index contributed by atoms with van der Waals surface area (Å²) in [5.74, 6) is -0.295. The standard InChI is InChI=1S/C13H9BrFIN2O2/c14-13-8(2-1-3-12(13)18(19)20)7-17-11-5-4-9(15)6-10(11)16/h1-6,17H,7H2. The summed E-state index contributed by atoms with van der Waals surface area (Å²) in [5, 5.41) is 14.0. The number of nitro groups is 1. The summed E-state index contributed by atoms with van der Waals surface area (Å²) in [5.41, 5.74) is 1.57. The lowest BCUT2D eigenvalue weighted by Crippen LogP contribution is -2.03. The zero-order valence-corrected chi connectivity index (χ0v) is 13.8. The van der Waals surface area contributed by atoms with Crippen molar-refractivity contribution in [3.63, 3.8) is 0 Å². The third kappa shape index (κ3) is 3.45. The molecular formula is C13H9BrFIN2O2. The fraction of sp³-hybridized carbons (Fsp3) is 0.0769. The van der Waals surface area contributed by atoms with Crippen molar-refractivity contribution in [2.24, 2.45) is 0 Å². The predicted octanol–water partition coefficient (Wildman–Crippen LogP) is 4.71. The highest BCUT2D eigenvalue weighted by Crippen LogP contribution is 2.29. The highest BCUT2D eigenvalue weighted by atomic mass is 127. The summed E-state index contributed by atoms with van der Waals surface area (Å²) in [6.45, 7) is 0.407. The fourth-order valence-corrected chi connectivity index (χ4v) is 2.88. The van der Waals surface area contributed by atoms with Crippen molar-refractivity contribution in [2.75, 3.05) is 5.32 Å². The molecule has 0 fully saturated rings. The van der Waals surface area contributed by atoms with Gasteiger partial charge >= 0.3 is 0 Å². The number of hydrogen-bond acceptors (Lipinski definition) is 3. The molecule has 7 heteroatoms. The number of hydrogen-bond donors (Lipinski definition) is 1. The molecule has 0 aliphatic carbocycles. The Morgan fingerprint density at radius 2 is 2.10 bits per heavy atom. The molecule has 0 radical (unpaired) electrons. The van der Waals surface area contributed by atoms with Crippen molar-refractivity contribution < 1.29 is 9.31 Å².